The Morgan fingerprint density at radius 2 is 1.64 bits per heavy atom. The molecule has 4 aromatic carbocycles. The van der Waals surface area contributed by atoms with Gasteiger partial charge in [0.2, 0.25) is 0 Å². The van der Waals surface area contributed by atoms with Crippen molar-refractivity contribution in [1.82, 2.24) is 9.97 Å². The van der Waals surface area contributed by atoms with Crippen molar-refractivity contribution in [2.45, 2.75) is 65.5 Å². The fraction of sp³-hybridized carbons (Fsp3) is 0.250. The van der Waals surface area contributed by atoms with E-state index < -0.39 is 17.5 Å². The average molecular weight is 755 g/mol. The van der Waals surface area contributed by atoms with E-state index in [1.807, 2.05) is 119 Å². The number of carboxylic acids is 1. The van der Waals surface area contributed by atoms with E-state index in [1.165, 1.54) is 11.3 Å². The largest absolute Gasteiger partial charge is 0.481 e. The zero-order valence-electron chi connectivity index (χ0n) is 31.2. The second-order valence-corrected chi connectivity index (χ2v) is 15.5. The topological polar surface area (TPSA) is 131 Å². The fourth-order valence-electron chi connectivity index (χ4n) is 6.78. The summed E-state index contributed by atoms with van der Waals surface area (Å²) in [6.07, 6.45) is 1.82. The van der Waals surface area contributed by atoms with Gasteiger partial charge in [0.25, 0.3) is 5.91 Å². The van der Waals surface area contributed by atoms with Crippen molar-refractivity contribution in [3.05, 3.63) is 131 Å². The summed E-state index contributed by atoms with van der Waals surface area (Å²) in [4.78, 5) is 50.4. The molecular formula is C44H42N4O6S. The maximum atomic E-state index is 13.9. The molecule has 0 saturated carbocycles. The molecule has 55 heavy (non-hydrogen) atoms. The van der Waals surface area contributed by atoms with Crippen LogP contribution in [0.3, 0.4) is 0 Å². The highest BCUT2D eigenvalue weighted by atomic mass is 32.1. The van der Waals surface area contributed by atoms with Crippen LogP contribution in [0.2, 0.25) is 0 Å². The number of thiazole rings is 1. The zero-order valence-corrected chi connectivity index (χ0v) is 32.0. The molecule has 2 N–H and O–H groups in total. The molecular weight excluding hydrogens is 713 g/mol. The first kappa shape index (κ1) is 37.3. The number of hydrogen-bond acceptors (Lipinski definition) is 9. The summed E-state index contributed by atoms with van der Waals surface area (Å²) in [7, 11) is 0. The summed E-state index contributed by atoms with van der Waals surface area (Å²) in [6.45, 7) is 8.48. The number of hydrogen-bond donors (Lipinski definition) is 2. The predicted molar refractivity (Wildman–Crippen MR) is 215 cm³/mol. The summed E-state index contributed by atoms with van der Waals surface area (Å²) in [5.74, 6) is 0.237. The van der Waals surface area contributed by atoms with Crippen LogP contribution in [-0.4, -0.2) is 45.1 Å². The Morgan fingerprint density at radius 1 is 0.873 bits per heavy atom. The number of aryl methyl sites for hydroxylation is 1. The summed E-state index contributed by atoms with van der Waals surface area (Å²) in [6, 6.07) is 30.7. The molecule has 11 heteroatoms. The maximum absolute atomic E-state index is 13.9. The van der Waals surface area contributed by atoms with Crippen molar-refractivity contribution in [2.75, 3.05) is 16.8 Å². The van der Waals surface area contributed by atoms with Crippen molar-refractivity contribution < 1.29 is 29.0 Å². The van der Waals surface area contributed by atoms with E-state index in [0.29, 0.717) is 65.9 Å². The number of aromatic nitrogens is 2. The van der Waals surface area contributed by atoms with Gasteiger partial charge in [0, 0.05) is 30.6 Å². The number of para-hydroxylation sites is 2. The van der Waals surface area contributed by atoms with Crippen molar-refractivity contribution in [3.8, 4) is 22.6 Å². The van der Waals surface area contributed by atoms with Gasteiger partial charge in [-0.3, -0.25) is 14.9 Å². The molecule has 0 fully saturated rings. The van der Waals surface area contributed by atoms with Crippen LogP contribution >= 0.6 is 11.3 Å². The summed E-state index contributed by atoms with van der Waals surface area (Å²) in [5.41, 5.74) is 5.90. The van der Waals surface area contributed by atoms with Crippen LogP contribution in [0.5, 0.6) is 11.5 Å². The minimum Gasteiger partial charge on any atom is -0.481 e. The first-order valence-electron chi connectivity index (χ1n) is 18.3. The molecule has 0 radical (unpaired) electrons. The number of aliphatic carboxylic acids is 1. The normalized spacial score (nSPS) is 12.6. The monoisotopic (exact) mass is 754 g/mol. The van der Waals surface area contributed by atoms with E-state index in [2.05, 4.69) is 21.3 Å². The highest BCUT2D eigenvalue weighted by molar-refractivity contribution is 7.22. The highest BCUT2D eigenvalue weighted by Gasteiger charge is 2.28. The Labute approximate surface area is 323 Å². The molecule has 6 aromatic rings. The summed E-state index contributed by atoms with van der Waals surface area (Å²) < 4.78 is 13.3. The van der Waals surface area contributed by atoms with Gasteiger partial charge in [0.15, 0.2) is 10.8 Å². The predicted octanol–water partition coefficient (Wildman–Crippen LogP) is 9.64. The zero-order chi connectivity index (χ0) is 38.7. The molecule has 1 aliphatic rings. The number of carboxylic acid groups (broad SMARTS) is 1. The number of anilines is 2. The molecule has 0 saturated heterocycles. The molecule has 0 bridgehead atoms. The van der Waals surface area contributed by atoms with E-state index in [9.17, 15) is 14.4 Å². The Balaban J connectivity index is 1.19. The number of esters is 1. The van der Waals surface area contributed by atoms with Crippen LogP contribution in [-0.2, 0) is 28.9 Å². The molecule has 0 unspecified atom stereocenters. The van der Waals surface area contributed by atoms with Gasteiger partial charge in [-0.2, -0.15) is 0 Å². The molecule has 1 amide bonds. The molecule has 280 valence electrons. The quantitative estimate of drug-likeness (QED) is 0.124. The number of ether oxygens (including phenoxy) is 2. The van der Waals surface area contributed by atoms with Crippen molar-refractivity contribution >= 4 is 50.3 Å². The Kier molecular flexibility index (Phi) is 10.7. The molecule has 10 nitrogen and oxygen atoms in total. The third kappa shape index (κ3) is 8.52. The van der Waals surface area contributed by atoms with Crippen LogP contribution in [0.1, 0.15) is 76.7 Å². The number of fused-ring (bicyclic) bond motifs is 2. The molecule has 7 rings (SSSR count). The minimum atomic E-state index is -0.832. The van der Waals surface area contributed by atoms with E-state index in [-0.39, 0.29) is 18.0 Å². The Hall–Kier alpha value is -6.07. The van der Waals surface area contributed by atoms with E-state index in [4.69, 9.17) is 19.6 Å². The number of pyridine rings is 1. The first-order chi connectivity index (χ1) is 26.4. The van der Waals surface area contributed by atoms with Crippen LogP contribution < -0.4 is 15.0 Å². The molecule has 1 aliphatic heterocycles. The van der Waals surface area contributed by atoms with Crippen LogP contribution in [0.4, 0.5) is 10.9 Å². The maximum Gasteiger partial charge on any atom is 0.358 e. The van der Waals surface area contributed by atoms with Crippen molar-refractivity contribution in [3.63, 3.8) is 0 Å². The minimum absolute atomic E-state index is 0.0742. The fourth-order valence-corrected chi connectivity index (χ4v) is 7.64. The molecule has 0 atom stereocenters. The lowest BCUT2D eigenvalue weighted by molar-refractivity contribution is -0.137. The summed E-state index contributed by atoms with van der Waals surface area (Å²) >= 11 is 1.44. The molecule has 2 aromatic heterocycles. The van der Waals surface area contributed by atoms with Crippen LogP contribution in [0, 0.1) is 6.92 Å². The van der Waals surface area contributed by atoms with Crippen LogP contribution in [0.25, 0.3) is 21.3 Å². The molecule has 0 aliphatic carbocycles. The lowest BCUT2D eigenvalue weighted by Gasteiger charge is -2.31. The van der Waals surface area contributed by atoms with Gasteiger partial charge in [0.05, 0.1) is 10.2 Å². The van der Waals surface area contributed by atoms with Crippen LogP contribution in [0.15, 0.2) is 97.1 Å². The molecule has 0 spiro atoms. The van der Waals surface area contributed by atoms with E-state index in [1.54, 1.807) is 0 Å². The highest BCUT2D eigenvalue weighted by Crippen LogP contribution is 2.37. The van der Waals surface area contributed by atoms with Crippen molar-refractivity contribution in [1.29, 1.82) is 0 Å². The van der Waals surface area contributed by atoms with Gasteiger partial charge in [0.1, 0.15) is 22.9 Å². The first-order valence-corrected chi connectivity index (χ1v) is 19.1. The summed E-state index contributed by atoms with van der Waals surface area (Å²) in [5, 5.41) is 12.7. The second kappa shape index (κ2) is 15.7. The van der Waals surface area contributed by atoms with E-state index >= 15 is 0 Å². The van der Waals surface area contributed by atoms with Gasteiger partial charge in [-0.25, -0.2) is 14.8 Å². The standard InChI is InChI=1S/C44H42N4O6S/c1-27-30(15-11-19-35(27)53-36-18-7-5-12-29(36)14-10-21-39(49)50)31-22-23-38(46-40(31)42(52)54-44(2,3)4)48-25-24-28-13-9-16-32(33(28)26-48)41(51)47-43-45-34-17-6-8-20-37(34)55-43/h5-9,11-13,15-20,22-23H,10,14,21,24-26H2,1-4H3,(H,49,50)(H,45,47,51). The van der Waals surface area contributed by atoms with E-state index in [0.717, 1.165) is 38.0 Å². The number of nitrogens with zero attached hydrogens (tertiary/aromatic N) is 3. The third-order valence-corrected chi connectivity index (χ3v) is 10.4. The number of rotatable bonds is 11. The lowest BCUT2D eigenvalue weighted by Crippen LogP contribution is -2.33. The number of benzene rings is 4. The Bertz CT molecular complexity index is 2380. The van der Waals surface area contributed by atoms with Gasteiger partial charge < -0.3 is 19.5 Å². The second-order valence-electron chi connectivity index (χ2n) is 14.5. The Morgan fingerprint density at radius 3 is 2.44 bits per heavy atom. The molecule has 3 heterocycles. The number of carbonyl (C=O) groups excluding carboxylic acids is 2. The SMILES string of the molecule is Cc1c(Oc2ccccc2CCCC(=O)O)cccc1-c1ccc(N2CCc3cccc(C(=O)Nc4nc5ccccc5s4)c3C2)nc1C(=O)OC(C)(C)C. The van der Waals surface area contributed by atoms with Gasteiger partial charge >= 0.3 is 11.9 Å². The van der Waals surface area contributed by atoms with Gasteiger partial charge in [-0.05, 0) is 117 Å². The smallest absolute Gasteiger partial charge is 0.358 e. The number of nitrogens with one attached hydrogen (secondary N) is 1. The third-order valence-electron chi connectivity index (χ3n) is 9.43. The number of carbonyl (C=O) groups is 3. The lowest BCUT2D eigenvalue weighted by atomic mass is 9.94. The number of amides is 1. The average Bonchev–Trinajstić information content (AvgIpc) is 3.57. The van der Waals surface area contributed by atoms with Gasteiger partial charge in [-0.1, -0.05) is 65.9 Å². The van der Waals surface area contributed by atoms with Crippen molar-refractivity contribution in [2.24, 2.45) is 0 Å². The van der Waals surface area contributed by atoms with Gasteiger partial charge in [-0.15, -0.1) is 0 Å².